The van der Waals surface area contributed by atoms with Crippen molar-refractivity contribution in [1.29, 1.82) is 0 Å². The fraction of sp³-hybridized carbons (Fsp3) is 0.353. The second-order valence-electron chi connectivity index (χ2n) is 5.63. The van der Waals surface area contributed by atoms with Crippen molar-refractivity contribution in [3.05, 3.63) is 59.7 Å². The molecule has 1 N–H and O–H groups in total. The van der Waals surface area contributed by atoms with Crippen LogP contribution in [0.15, 0.2) is 42.9 Å². The first-order valence-corrected chi connectivity index (χ1v) is 7.34. The second-order valence-corrected chi connectivity index (χ2v) is 5.63. The number of rotatable bonds is 5. The first kappa shape index (κ1) is 13.7. The highest BCUT2D eigenvalue weighted by Crippen LogP contribution is 2.41. The van der Waals surface area contributed by atoms with Crippen molar-refractivity contribution < 1.29 is 4.79 Å². The average molecular weight is 281 g/mol. The third kappa shape index (κ3) is 3.45. The van der Waals surface area contributed by atoms with Gasteiger partial charge in [-0.1, -0.05) is 12.1 Å². The molecule has 0 radical (unpaired) electrons. The Balaban J connectivity index is 1.71. The van der Waals surface area contributed by atoms with Crippen LogP contribution in [0.3, 0.4) is 0 Å². The average Bonchev–Trinajstić information content (AvgIpc) is 3.31. The molecule has 0 aromatic carbocycles. The van der Waals surface area contributed by atoms with E-state index >= 15 is 0 Å². The fourth-order valence-corrected chi connectivity index (χ4v) is 2.58. The second kappa shape index (κ2) is 6.04. The normalized spacial score (nSPS) is 15.5. The molecule has 1 aliphatic rings. The highest BCUT2D eigenvalue weighted by Gasteiger charge is 2.34. The van der Waals surface area contributed by atoms with Crippen LogP contribution in [0.2, 0.25) is 0 Å². The minimum absolute atomic E-state index is 0.0324. The van der Waals surface area contributed by atoms with Gasteiger partial charge in [0.2, 0.25) is 5.91 Å². The van der Waals surface area contributed by atoms with E-state index in [1.54, 1.807) is 18.6 Å². The molecule has 2 heterocycles. The standard InChI is InChI=1S/C17H19N3O/c1-12-4-2-9-19-16(12)17(14-6-7-14)20-15(21)10-13-5-3-8-18-11-13/h2-5,8-9,11,14,17H,6-7,10H2,1H3,(H,20,21)/t17-/m1/s1. The van der Waals surface area contributed by atoms with E-state index in [0.717, 1.165) is 29.7 Å². The van der Waals surface area contributed by atoms with Crippen LogP contribution in [-0.4, -0.2) is 15.9 Å². The molecule has 0 unspecified atom stereocenters. The lowest BCUT2D eigenvalue weighted by Crippen LogP contribution is -2.32. The van der Waals surface area contributed by atoms with Crippen LogP contribution >= 0.6 is 0 Å². The van der Waals surface area contributed by atoms with Gasteiger partial charge in [-0.05, 0) is 48.9 Å². The van der Waals surface area contributed by atoms with Crippen LogP contribution in [0.5, 0.6) is 0 Å². The summed E-state index contributed by atoms with van der Waals surface area (Å²) in [5, 5.41) is 3.16. The van der Waals surface area contributed by atoms with E-state index in [9.17, 15) is 4.79 Å². The number of nitrogens with zero attached hydrogens (tertiary/aromatic N) is 2. The molecule has 1 aliphatic carbocycles. The molecule has 0 bridgehead atoms. The maximum atomic E-state index is 12.3. The summed E-state index contributed by atoms with van der Waals surface area (Å²) >= 11 is 0. The summed E-state index contributed by atoms with van der Waals surface area (Å²) in [6.07, 6.45) is 7.93. The predicted octanol–water partition coefficient (Wildman–Crippen LogP) is 2.60. The fourth-order valence-electron chi connectivity index (χ4n) is 2.58. The van der Waals surface area contributed by atoms with Gasteiger partial charge in [0, 0.05) is 18.6 Å². The molecule has 2 aromatic heterocycles. The van der Waals surface area contributed by atoms with Crippen molar-refractivity contribution in [3.63, 3.8) is 0 Å². The third-order valence-corrected chi connectivity index (χ3v) is 3.84. The Labute approximate surface area is 124 Å². The number of aromatic nitrogens is 2. The lowest BCUT2D eigenvalue weighted by atomic mass is 10.0. The van der Waals surface area contributed by atoms with E-state index in [1.165, 1.54) is 0 Å². The van der Waals surface area contributed by atoms with Crippen molar-refractivity contribution in [2.45, 2.75) is 32.2 Å². The van der Waals surface area contributed by atoms with E-state index < -0.39 is 0 Å². The zero-order chi connectivity index (χ0) is 14.7. The van der Waals surface area contributed by atoms with Gasteiger partial charge in [0.25, 0.3) is 0 Å². The summed E-state index contributed by atoms with van der Waals surface area (Å²) in [4.78, 5) is 20.8. The molecule has 4 heteroatoms. The molecule has 21 heavy (non-hydrogen) atoms. The largest absolute Gasteiger partial charge is 0.347 e. The first-order valence-electron chi connectivity index (χ1n) is 7.34. The molecule has 0 aliphatic heterocycles. The monoisotopic (exact) mass is 281 g/mol. The SMILES string of the molecule is Cc1cccnc1[C@H](NC(=O)Cc1cccnc1)C1CC1. The lowest BCUT2D eigenvalue weighted by Gasteiger charge is -2.19. The van der Waals surface area contributed by atoms with Crippen molar-refractivity contribution in [2.24, 2.45) is 5.92 Å². The molecular formula is C17H19N3O. The minimum atomic E-state index is 0.0324. The van der Waals surface area contributed by atoms with Crippen molar-refractivity contribution in [1.82, 2.24) is 15.3 Å². The number of carbonyl (C=O) groups is 1. The van der Waals surface area contributed by atoms with Crippen LogP contribution in [0, 0.1) is 12.8 Å². The number of carbonyl (C=O) groups excluding carboxylic acids is 1. The zero-order valence-electron chi connectivity index (χ0n) is 12.1. The smallest absolute Gasteiger partial charge is 0.225 e. The maximum absolute atomic E-state index is 12.3. The van der Waals surface area contributed by atoms with E-state index in [1.807, 2.05) is 31.2 Å². The summed E-state index contributed by atoms with van der Waals surface area (Å²) in [5.41, 5.74) is 3.07. The van der Waals surface area contributed by atoms with Gasteiger partial charge in [-0.15, -0.1) is 0 Å². The Morgan fingerprint density at radius 2 is 2.14 bits per heavy atom. The molecule has 4 nitrogen and oxygen atoms in total. The quantitative estimate of drug-likeness (QED) is 0.916. The van der Waals surface area contributed by atoms with E-state index in [0.29, 0.717) is 12.3 Å². The van der Waals surface area contributed by atoms with Gasteiger partial charge in [0.15, 0.2) is 0 Å². The summed E-state index contributed by atoms with van der Waals surface area (Å²) in [5.74, 6) is 0.557. The van der Waals surface area contributed by atoms with Gasteiger partial charge in [-0.3, -0.25) is 14.8 Å². The van der Waals surface area contributed by atoms with Crippen LogP contribution in [0.25, 0.3) is 0 Å². The highest BCUT2D eigenvalue weighted by atomic mass is 16.1. The number of nitrogens with one attached hydrogen (secondary N) is 1. The Morgan fingerprint density at radius 3 is 2.81 bits per heavy atom. The minimum Gasteiger partial charge on any atom is -0.347 e. The molecule has 3 rings (SSSR count). The zero-order valence-corrected chi connectivity index (χ0v) is 12.1. The molecule has 0 saturated heterocycles. The van der Waals surface area contributed by atoms with Gasteiger partial charge in [0.05, 0.1) is 18.2 Å². The third-order valence-electron chi connectivity index (χ3n) is 3.84. The molecule has 108 valence electrons. The van der Waals surface area contributed by atoms with Crippen LogP contribution in [0.1, 0.15) is 35.7 Å². The molecule has 1 fully saturated rings. The Morgan fingerprint density at radius 1 is 1.33 bits per heavy atom. The van der Waals surface area contributed by atoms with E-state index in [-0.39, 0.29) is 11.9 Å². The van der Waals surface area contributed by atoms with Crippen molar-refractivity contribution in [3.8, 4) is 0 Å². The van der Waals surface area contributed by atoms with Crippen LogP contribution in [-0.2, 0) is 11.2 Å². The topological polar surface area (TPSA) is 54.9 Å². The number of hydrogen-bond acceptors (Lipinski definition) is 3. The summed E-state index contributed by atoms with van der Waals surface area (Å²) in [7, 11) is 0. The summed E-state index contributed by atoms with van der Waals surface area (Å²) in [6, 6.07) is 7.79. The van der Waals surface area contributed by atoms with Gasteiger partial charge in [-0.25, -0.2) is 0 Å². The molecular weight excluding hydrogens is 262 g/mol. The predicted molar refractivity (Wildman–Crippen MR) is 80.5 cm³/mol. The van der Waals surface area contributed by atoms with Gasteiger partial charge >= 0.3 is 0 Å². The maximum Gasteiger partial charge on any atom is 0.225 e. The lowest BCUT2D eigenvalue weighted by molar-refractivity contribution is -0.121. The Kier molecular flexibility index (Phi) is 3.95. The van der Waals surface area contributed by atoms with Crippen LogP contribution in [0.4, 0.5) is 0 Å². The number of amides is 1. The van der Waals surface area contributed by atoms with Gasteiger partial charge in [-0.2, -0.15) is 0 Å². The number of aryl methyl sites for hydroxylation is 1. The van der Waals surface area contributed by atoms with Crippen molar-refractivity contribution >= 4 is 5.91 Å². The van der Waals surface area contributed by atoms with Gasteiger partial charge < -0.3 is 5.32 Å². The summed E-state index contributed by atoms with van der Waals surface area (Å²) < 4.78 is 0. The molecule has 1 atom stereocenters. The molecule has 1 amide bonds. The Hall–Kier alpha value is -2.23. The highest BCUT2D eigenvalue weighted by molar-refractivity contribution is 5.79. The van der Waals surface area contributed by atoms with E-state index in [2.05, 4.69) is 15.3 Å². The number of pyridine rings is 2. The van der Waals surface area contributed by atoms with Crippen LogP contribution < -0.4 is 5.32 Å². The molecule has 2 aromatic rings. The number of hydrogen-bond donors (Lipinski definition) is 1. The molecule has 1 saturated carbocycles. The van der Waals surface area contributed by atoms with Gasteiger partial charge in [0.1, 0.15) is 0 Å². The Bertz CT molecular complexity index is 623. The van der Waals surface area contributed by atoms with Crippen molar-refractivity contribution in [2.75, 3.05) is 0 Å². The summed E-state index contributed by atoms with van der Waals surface area (Å²) in [6.45, 7) is 2.05. The molecule has 0 spiro atoms. The first-order chi connectivity index (χ1) is 10.2. The van der Waals surface area contributed by atoms with E-state index in [4.69, 9.17) is 0 Å².